The third-order valence-corrected chi connectivity index (χ3v) is 2.73. The summed E-state index contributed by atoms with van der Waals surface area (Å²) < 4.78 is 0. The SMILES string of the molecule is Cc1ccc(N)cc1N=Nc1cc(N)ccc1C. The minimum atomic E-state index is 0.679. The predicted molar refractivity (Wildman–Crippen MR) is 75.4 cm³/mol. The second-order valence-corrected chi connectivity index (χ2v) is 4.29. The van der Waals surface area contributed by atoms with Crippen LogP contribution < -0.4 is 11.5 Å². The van der Waals surface area contributed by atoms with E-state index in [0.717, 1.165) is 22.5 Å². The average molecular weight is 240 g/mol. The van der Waals surface area contributed by atoms with Crippen molar-refractivity contribution >= 4 is 22.7 Å². The number of nitrogens with zero attached hydrogens (tertiary/aromatic N) is 2. The Bertz CT molecular complexity index is 549. The van der Waals surface area contributed by atoms with Crippen LogP contribution in [0.1, 0.15) is 11.1 Å². The molecule has 4 heteroatoms. The summed E-state index contributed by atoms with van der Waals surface area (Å²) in [7, 11) is 0. The smallest absolute Gasteiger partial charge is 0.0906 e. The van der Waals surface area contributed by atoms with Crippen LogP contribution in [0.2, 0.25) is 0 Å². The molecule has 0 saturated carbocycles. The van der Waals surface area contributed by atoms with Gasteiger partial charge in [-0.05, 0) is 49.2 Å². The molecular weight excluding hydrogens is 224 g/mol. The van der Waals surface area contributed by atoms with Crippen molar-refractivity contribution in [3.63, 3.8) is 0 Å². The Balaban J connectivity index is 2.35. The first-order valence-electron chi connectivity index (χ1n) is 5.70. The zero-order valence-corrected chi connectivity index (χ0v) is 10.5. The van der Waals surface area contributed by atoms with Crippen molar-refractivity contribution in [3.8, 4) is 0 Å². The maximum Gasteiger partial charge on any atom is 0.0906 e. The molecule has 0 spiro atoms. The fourth-order valence-corrected chi connectivity index (χ4v) is 1.58. The van der Waals surface area contributed by atoms with Gasteiger partial charge in [0.05, 0.1) is 11.4 Å². The number of nitrogen functional groups attached to an aromatic ring is 2. The normalized spacial score (nSPS) is 11.0. The maximum absolute atomic E-state index is 5.73. The molecule has 0 bridgehead atoms. The lowest BCUT2D eigenvalue weighted by Crippen LogP contribution is -1.85. The molecule has 0 aromatic heterocycles. The van der Waals surface area contributed by atoms with Gasteiger partial charge in [0.15, 0.2) is 0 Å². The van der Waals surface area contributed by atoms with E-state index in [1.165, 1.54) is 0 Å². The van der Waals surface area contributed by atoms with Gasteiger partial charge in [0.1, 0.15) is 0 Å². The molecule has 0 amide bonds. The Hall–Kier alpha value is -2.36. The van der Waals surface area contributed by atoms with Crippen molar-refractivity contribution in [2.24, 2.45) is 10.2 Å². The molecule has 4 N–H and O–H groups in total. The maximum atomic E-state index is 5.73. The van der Waals surface area contributed by atoms with Crippen LogP contribution in [0.3, 0.4) is 0 Å². The van der Waals surface area contributed by atoms with E-state index in [1.807, 2.05) is 38.1 Å². The van der Waals surface area contributed by atoms with Gasteiger partial charge in [-0.1, -0.05) is 12.1 Å². The average Bonchev–Trinajstić information content (AvgIpc) is 2.34. The molecular formula is C14H16N4. The highest BCUT2D eigenvalue weighted by atomic mass is 15.1. The summed E-state index contributed by atoms with van der Waals surface area (Å²) in [4.78, 5) is 0. The molecule has 0 aliphatic carbocycles. The number of nitrogens with two attached hydrogens (primary N) is 2. The highest BCUT2D eigenvalue weighted by Gasteiger charge is 1.99. The van der Waals surface area contributed by atoms with Crippen LogP contribution in [-0.2, 0) is 0 Å². The topological polar surface area (TPSA) is 76.8 Å². The van der Waals surface area contributed by atoms with Gasteiger partial charge < -0.3 is 11.5 Å². The zero-order chi connectivity index (χ0) is 13.1. The van der Waals surface area contributed by atoms with Crippen molar-refractivity contribution in [2.45, 2.75) is 13.8 Å². The van der Waals surface area contributed by atoms with Gasteiger partial charge in [-0.15, -0.1) is 0 Å². The Morgan fingerprint density at radius 2 is 1.11 bits per heavy atom. The van der Waals surface area contributed by atoms with Crippen LogP contribution in [0.25, 0.3) is 0 Å². The van der Waals surface area contributed by atoms with Crippen LogP contribution >= 0.6 is 0 Å². The van der Waals surface area contributed by atoms with Crippen molar-refractivity contribution in [3.05, 3.63) is 47.5 Å². The second-order valence-electron chi connectivity index (χ2n) is 4.29. The first-order valence-corrected chi connectivity index (χ1v) is 5.70. The zero-order valence-electron chi connectivity index (χ0n) is 10.5. The van der Waals surface area contributed by atoms with E-state index in [2.05, 4.69) is 10.2 Å². The fraction of sp³-hybridized carbons (Fsp3) is 0.143. The summed E-state index contributed by atoms with van der Waals surface area (Å²) in [5, 5.41) is 8.46. The van der Waals surface area contributed by atoms with E-state index in [4.69, 9.17) is 11.5 Å². The van der Waals surface area contributed by atoms with Gasteiger partial charge in [0.25, 0.3) is 0 Å². The highest BCUT2D eigenvalue weighted by molar-refractivity contribution is 5.58. The molecule has 0 saturated heterocycles. The molecule has 92 valence electrons. The van der Waals surface area contributed by atoms with Gasteiger partial charge in [0.2, 0.25) is 0 Å². The van der Waals surface area contributed by atoms with E-state index >= 15 is 0 Å². The first kappa shape index (κ1) is 12.1. The summed E-state index contributed by atoms with van der Waals surface area (Å²) in [6, 6.07) is 11.2. The third-order valence-electron chi connectivity index (χ3n) is 2.73. The van der Waals surface area contributed by atoms with Gasteiger partial charge in [-0.25, -0.2) is 0 Å². The van der Waals surface area contributed by atoms with E-state index in [-0.39, 0.29) is 0 Å². The predicted octanol–water partition coefficient (Wildman–Crippen LogP) is 3.88. The monoisotopic (exact) mass is 240 g/mol. The molecule has 2 rings (SSSR count). The van der Waals surface area contributed by atoms with Gasteiger partial charge in [0, 0.05) is 11.4 Å². The summed E-state index contributed by atoms with van der Waals surface area (Å²) in [6.07, 6.45) is 0. The molecule has 0 aliphatic rings. The van der Waals surface area contributed by atoms with Gasteiger partial charge in [-0.2, -0.15) is 10.2 Å². The molecule has 0 atom stereocenters. The number of aryl methyl sites for hydroxylation is 2. The summed E-state index contributed by atoms with van der Waals surface area (Å²) in [6.45, 7) is 3.94. The molecule has 2 aromatic rings. The Kier molecular flexibility index (Phi) is 3.28. The molecule has 0 aliphatic heterocycles. The van der Waals surface area contributed by atoms with Crippen LogP contribution in [0.4, 0.5) is 22.7 Å². The first-order chi connectivity index (χ1) is 8.56. The van der Waals surface area contributed by atoms with Crippen molar-refractivity contribution in [1.82, 2.24) is 0 Å². The number of anilines is 2. The third kappa shape index (κ3) is 2.66. The van der Waals surface area contributed by atoms with Crippen LogP contribution in [0, 0.1) is 13.8 Å². The lowest BCUT2D eigenvalue weighted by molar-refractivity contribution is 1.19. The molecule has 0 heterocycles. The minimum absolute atomic E-state index is 0.679. The largest absolute Gasteiger partial charge is 0.399 e. The van der Waals surface area contributed by atoms with Crippen LogP contribution in [0.15, 0.2) is 46.6 Å². The molecule has 0 radical (unpaired) electrons. The van der Waals surface area contributed by atoms with Crippen LogP contribution in [0.5, 0.6) is 0 Å². The summed E-state index contributed by atoms with van der Waals surface area (Å²) in [5.41, 5.74) is 16.4. The van der Waals surface area contributed by atoms with Crippen LogP contribution in [-0.4, -0.2) is 0 Å². The standard InChI is InChI=1S/C14H16N4/c1-9-3-5-11(15)7-13(9)17-18-14-8-12(16)6-4-10(14)2/h3-8H,15-16H2,1-2H3. The number of hydrogen-bond donors (Lipinski definition) is 2. The highest BCUT2D eigenvalue weighted by Crippen LogP contribution is 2.26. The van der Waals surface area contributed by atoms with E-state index in [1.54, 1.807) is 12.1 Å². The minimum Gasteiger partial charge on any atom is -0.399 e. The van der Waals surface area contributed by atoms with E-state index in [9.17, 15) is 0 Å². The summed E-state index contributed by atoms with van der Waals surface area (Å²) >= 11 is 0. The Morgan fingerprint density at radius 1 is 0.722 bits per heavy atom. The van der Waals surface area contributed by atoms with Crippen molar-refractivity contribution < 1.29 is 0 Å². The Morgan fingerprint density at radius 3 is 1.50 bits per heavy atom. The molecule has 0 fully saturated rings. The quantitative estimate of drug-likeness (QED) is 0.617. The molecule has 0 unspecified atom stereocenters. The van der Waals surface area contributed by atoms with E-state index < -0.39 is 0 Å². The number of benzene rings is 2. The summed E-state index contributed by atoms with van der Waals surface area (Å²) in [5.74, 6) is 0. The van der Waals surface area contributed by atoms with E-state index in [0.29, 0.717) is 11.4 Å². The molecule has 4 nitrogen and oxygen atoms in total. The second kappa shape index (κ2) is 4.87. The lowest BCUT2D eigenvalue weighted by atomic mass is 10.2. The number of rotatable bonds is 2. The molecule has 18 heavy (non-hydrogen) atoms. The number of hydrogen-bond acceptors (Lipinski definition) is 4. The number of azo groups is 1. The van der Waals surface area contributed by atoms with Gasteiger partial charge in [-0.3, -0.25) is 0 Å². The van der Waals surface area contributed by atoms with Crippen molar-refractivity contribution in [1.29, 1.82) is 0 Å². The lowest BCUT2D eigenvalue weighted by Gasteiger charge is -2.02. The molecule has 2 aromatic carbocycles. The van der Waals surface area contributed by atoms with Crippen molar-refractivity contribution in [2.75, 3.05) is 11.5 Å². The van der Waals surface area contributed by atoms with Gasteiger partial charge >= 0.3 is 0 Å². The fourth-order valence-electron chi connectivity index (χ4n) is 1.58. The Labute approximate surface area is 106 Å².